The number of hydrogen-bond donors (Lipinski definition) is 1. The van der Waals surface area contributed by atoms with E-state index in [9.17, 15) is 22.8 Å². The molecule has 0 saturated carbocycles. The van der Waals surface area contributed by atoms with Gasteiger partial charge in [0.05, 0.1) is 11.1 Å². The van der Waals surface area contributed by atoms with E-state index in [0.29, 0.717) is 18.4 Å². The Bertz CT molecular complexity index is 818. The lowest BCUT2D eigenvalue weighted by molar-refractivity contribution is -0.206. The molecule has 2 rings (SSSR count). The third kappa shape index (κ3) is 7.37. The lowest BCUT2D eigenvalue weighted by Crippen LogP contribution is -2.33. The normalized spacial score (nSPS) is 12.0. The van der Waals surface area contributed by atoms with Gasteiger partial charge in [-0.2, -0.15) is 13.2 Å². The largest absolute Gasteiger partial charge is 0.478 e. The SMILES string of the molecule is CCCCCCC(OC(=O)c1ccc(-c2ccc(C(=O)O)cc2)cc1)C(F)(F)F.Cl. The monoisotopic (exact) mass is 444 g/mol. The fraction of sp³-hybridized carbons (Fsp3) is 0.364. The highest BCUT2D eigenvalue weighted by Crippen LogP contribution is 2.28. The highest BCUT2D eigenvalue weighted by atomic mass is 35.5. The van der Waals surface area contributed by atoms with Crippen LogP contribution in [0.3, 0.4) is 0 Å². The maximum absolute atomic E-state index is 13.2. The van der Waals surface area contributed by atoms with Gasteiger partial charge in [-0.15, -0.1) is 12.4 Å². The van der Waals surface area contributed by atoms with Crippen molar-refractivity contribution < 1.29 is 32.6 Å². The van der Waals surface area contributed by atoms with Gasteiger partial charge < -0.3 is 9.84 Å². The molecule has 0 amide bonds. The van der Waals surface area contributed by atoms with Crippen LogP contribution in [-0.2, 0) is 4.74 Å². The second kappa shape index (κ2) is 11.6. The average molecular weight is 445 g/mol. The van der Waals surface area contributed by atoms with Crippen molar-refractivity contribution in [2.75, 3.05) is 0 Å². The topological polar surface area (TPSA) is 63.6 Å². The summed E-state index contributed by atoms with van der Waals surface area (Å²) in [5.41, 5.74) is 1.59. The predicted molar refractivity (Wildman–Crippen MR) is 110 cm³/mol. The number of unbranched alkanes of at least 4 members (excludes halogenated alkanes) is 3. The molecule has 1 unspecified atom stereocenters. The number of benzene rings is 2. The van der Waals surface area contributed by atoms with E-state index >= 15 is 0 Å². The summed E-state index contributed by atoms with van der Waals surface area (Å²) in [7, 11) is 0. The molecule has 4 nitrogen and oxygen atoms in total. The number of esters is 1. The molecule has 0 aromatic heterocycles. The number of rotatable bonds is 9. The van der Waals surface area contributed by atoms with E-state index in [2.05, 4.69) is 0 Å². The molecule has 0 fully saturated rings. The van der Waals surface area contributed by atoms with Crippen molar-refractivity contribution in [2.24, 2.45) is 0 Å². The van der Waals surface area contributed by atoms with Gasteiger partial charge >= 0.3 is 18.1 Å². The van der Waals surface area contributed by atoms with Crippen molar-refractivity contribution in [3.05, 3.63) is 59.7 Å². The molecule has 8 heteroatoms. The summed E-state index contributed by atoms with van der Waals surface area (Å²) in [6.07, 6.45) is -4.21. The molecule has 0 aliphatic rings. The number of aromatic carboxylic acids is 1. The maximum atomic E-state index is 13.2. The summed E-state index contributed by atoms with van der Waals surface area (Å²) in [4.78, 5) is 23.1. The Morgan fingerprint density at radius 3 is 1.83 bits per heavy atom. The zero-order chi connectivity index (χ0) is 21.4. The van der Waals surface area contributed by atoms with E-state index < -0.39 is 24.2 Å². The second-order valence-electron chi connectivity index (χ2n) is 6.74. The zero-order valence-electron chi connectivity index (χ0n) is 16.4. The fourth-order valence-corrected chi connectivity index (χ4v) is 2.85. The first-order valence-electron chi connectivity index (χ1n) is 9.44. The first-order valence-corrected chi connectivity index (χ1v) is 9.44. The minimum absolute atomic E-state index is 0. The van der Waals surface area contributed by atoms with Gasteiger partial charge in [0.2, 0.25) is 0 Å². The summed E-state index contributed by atoms with van der Waals surface area (Å²) in [5, 5.41) is 8.92. The molecule has 0 aliphatic heterocycles. The molecule has 0 bridgehead atoms. The standard InChI is InChI=1S/C22H23F3O4.ClH/c1-2-3-4-5-6-19(22(23,24)25)29-21(28)18-13-9-16(10-14-18)15-7-11-17(12-8-15)20(26)27;/h7-14,19H,2-6H2,1H3,(H,26,27);1H. The zero-order valence-corrected chi connectivity index (χ0v) is 17.3. The third-order valence-corrected chi connectivity index (χ3v) is 4.52. The van der Waals surface area contributed by atoms with Crippen LogP contribution in [0, 0.1) is 0 Å². The van der Waals surface area contributed by atoms with Gasteiger partial charge in [-0.1, -0.05) is 50.5 Å². The van der Waals surface area contributed by atoms with Crippen LogP contribution in [-0.4, -0.2) is 29.3 Å². The molecule has 0 radical (unpaired) electrons. The van der Waals surface area contributed by atoms with Gasteiger partial charge in [0.1, 0.15) is 0 Å². The van der Waals surface area contributed by atoms with Crippen molar-refractivity contribution in [3.8, 4) is 11.1 Å². The highest BCUT2D eigenvalue weighted by Gasteiger charge is 2.42. The average Bonchev–Trinajstić information content (AvgIpc) is 2.69. The first kappa shape index (κ1) is 25.5. The van der Waals surface area contributed by atoms with Crippen LogP contribution >= 0.6 is 12.4 Å². The van der Waals surface area contributed by atoms with Crippen LogP contribution in [0.2, 0.25) is 0 Å². The van der Waals surface area contributed by atoms with Crippen LogP contribution in [0.5, 0.6) is 0 Å². The Labute approximate surface area is 179 Å². The van der Waals surface area contributed by atoms with Crippen molar-refractivity contribution in [1.29, 1.82) is 0 Å². The van der Waals surface area contributed by atoms with Gasteiger partial charge in [0.15, 0.2) is 6.10 Å². The van der Waals surface area contributed by atoms with Crippen LogP contribution in [0.4, 0.5) is 13.2 Å². The van der Waals surface area contributed by atoms with Gasteiger partial charge in [0.25, 0.3) is 0 Å². The number of carboxylic acid groups (broad SMARTS) is 1. The Kier molecular flexibility index (Phi) is 9.85. The molecule has 2 aromatic rings. The molecule has 1 N–H and O–H groups in total. The van der Waals surface area contributed by atoms with E-state index in [4.69, 9.17) is 9.84 Å². The Morgan fingerprint density at radius 2 is 1.40 bits per heavy atom. The summed E-state index contributed by atoms with van der Waals surface area (Å²) in [6.45, 7) is 1.96. The highest BCUT2D eigenvalue weighted by molar-refractivity contribution is 5.90. The number of hydrogen-bond acceptors (Lipinski definition) is 3. The number of alkyl halides is 3. The molecular weight excluding hydrogens is 421 g/mol. The quantitative estimate of drug-likeness (QED) is 0.352. The lowest BCUT2D eigenvalue weighted by atomic mass is 10.0. The van der Waals surface area contributed by atoms with Crippen molar-refractivity contribution in [1.82, 2.24) is 0 Å². The second-order valence-corrected chi connectivity index (χ2v) is 6.74. The van der Waals surface area contributed by atoms with Crippen LogP contribution in [0.1, 0.15) is 59.7 Å². The van der Waals surface area contributed by atoms with Gasteiger partial charge in [-0.05, 0) is 48.2 Å². The van der Waals surface area contributed by atoms with E-state index in [1.54, 1.807) is 24.3 Å². The maximum Gasteiger partial charge on any atom is 0.425 e. The molecular formula is C22H24ClF3O4. The predicted octanol–water partition coefficient (Wildman–Crippen LogP) is 6.53. The van der Waals surface area contributed by atoms with Crippen molar-refractivity contribution in [3.63, 3.8) is 0 Å². The molecule has 2 aromatic carbocycles. The number of ether oxygens (including phenoxy) is 1. The van der Waals surface area contributed by atoms with E-state index in [-0.39, 0.29) is 30.0 Å². The smallest absolute Gasteiger partial charge is 0.425 e. The minimum atomic E-state index is -4.60. The molecule has 0 saturated heterocycles. The van der Waals surface area contributed by atoms with Crippen molar-refractivity contribution in [2.45, 2.75) is 51.3 Å². The number of carbonyl (C=O) groups is 2. The Balaban J connectivity index is 0.00000450. The summed E-state index contributed by atoms with van der Waals surface area (Å²) in [5.74, 6) is -2.06. The van der Waals surface area contributed by atoms with Crippen LogP contribution < -0.4 is 0 Å². The summed E-state index contributed by atoms with van der Waals surface area (Å²) < 4.78 is 44.2. The molecule has 164 valence electrons. The first-order chi connectivity index (χ1) is 13.7. The molecule has 30 heavy (non-hydrogen) atoms. The van der Waals surface area contributed by atoms with Crippen LogP contribution in [0.25, 0.3) is 11.1 Å². The van der Waals surface area contributed by atoms with E-state index in [0.717, 1.165) is 18.4 Å². The number of carbonyl (C=O) groups excluding carboxylic acids is 1. The molecule has 1 atom stereocenters. The van der Waals surface area contributed by atoms with Gasteiger partial charge in [0, 0.05) is 0 Å². The number of halogens is 4. The Morgan fingerprint density at radius 1 is 0.900 bits per heavy atom. The van der Waals surface area contributed by atoms with Gasteiger partial charge in [-0.3, -0.25) is 0 Å². The Hall–Kier alpha value is -2.54. The van der Waals surface area contributed by atoms with Crippen LogP contribution in [0.15, 0.2) is 48.5 Å². The van der Waals surface area contributed by atoms with E-state index in [1.165, 1.54) is 24.3 Å². The van der Waals surface area contributed by atoms with Gasteiger partial charge in [-0.25, -0.2) is 9.59 Å². The van der Waals surface area contributed by atoms with E-state index in [1.807, 2.05) is 6.92 Å². The number of carboxylic acids is 1. The fourth-order valence-electron chi connectivity index (χ4n) is 2.85. The minimum Gasteiger partial charge on any atom is -0.478 e. The molecule has 0 aliphatic carbocycles. The summed E-state index contributed by atoms with van der Waals surface area (Å²) in [6, 6.07) is 12.1. The lowest BCUT2D eigenvalue weighted by Gasteiger charge is -2.20. The third-order valence-electron chi connectivity index (χ3n) is 4.52. The molecule has 0 spiro atoms. The molecule has 0 heterocycles. The van der Waals surface area contributed by atoms with Crippen molar-refractivity contribution >= 4 is 24.3 Å². The summed E-state index contributed by atoms with van der Waals surface area (Å²) >= 11 is 0.